The van der Waals surface area contributed by atoms with Gasteiger partial charge in [-0.25, -0.2) is 9.78 Å². The fraction of sp³-hybridized carbons (Fsp3) is 0.538. The number of esters is 1. The van der Waals surface area contributed by atoms with Gasteiger partial charge in [0.1, 0.15) is 0 Å². The Hall–Kier alpha value is -1.36. The largest absolute Gasteiger partial charge is 0.462 e. The summed E-state index contributed by atoms with van der Waals surface area (Å²) in [6, 6.07) is 0. The molecule has 0 atom stereocenters. The van der Waals surface area contributed by atoms with Crippen molar-refractivity contribution in [2.75, 3.05) is 12.3 Å². The van der Waals surface area contributed by atoms with Crippen molar-refractivity contribution in [2.24, 2.45) is 5.92 Å². The Morgan fingerprint density at radius 3 is 2.83 bits per heavy atom. The van der Waals surface area contributed by atoms with Crippen molar-refractivity contribution < 1.29 is 9.53 Å². The van der Waals surface area contributed by atoms with Crippen LogP contribution in [0.3, 0.4) is 0 Å². The molecule has 1 rings (SSSR count). The first-order chi connectivity index (χ1) is 8.54. The molecule has 100 valence electrons. The Bertz CT molecular complexity index is 424. The number of carbonyl (C=O) groups is 1. The van der Waals surface area contributed by atoms with Crippen LogP contribution in [0.4, 0.5) is 5.13 Å². The summed E-state index contributed by atoms with van der Waals surface area (Å²) >= 11 is 1.32. The third-order valence-electron chi connectivity index (χ3n) is 2.25. The molecule has 0 aliphatic carbocycles. The molecule has 0 aliphatic rings. The van der Waals surface area contributed by atoms with E-state index in [-0.39, 0.29) is 11.9 Å². The quantitative estimate of drug-likeness (QED) is 0.489. The normalized spacial score (nSPS) is 11.9. The molecule has 0 aromatic carbocycles. The third kappa shape index (κ3) is 4.49. The van der Waals surface area contributed by atoms with E-state index in [1.165, 1.54) is 11.3 Å². The number of thiazole rings is 1. The molecule has 0 saturated heterocycles. The highest BCUT2D eigenvalue weighted by molar-refractivity contribution is 7.13. The molecule has 0 spiro atoms. The second-order valence-electron chi connectivity index (χ2n) is 4.38. The van der Waals surface area contributed by atoms with Gasteiger partial charge in [-0.1, -0.05) is 33.3 Å². The van der Waals surface area contributed by atoms with Crippen LogP contribution < -0.4 is 5.73 Å². The van der Waals surface area contributed by atoms with Crippen molar-refractivity contribution in [3.63, 3.8) is 0 Å². The number of hydrogen-bond acceptors (Lipinski definition) is 5. The highest BCUT2D eigenvalue weighted by atomic mass is 32.1. The molecule has 2 N–H and O–H groups in total. The monoisotopic (exact) mass is 268 g/mol. The van der Waals surface area contributed by atoms with E-state index in [0.717, 1.165) is 12.8 Å². The van der Waals surface area contributed by atoms with E-state index in [1.54, 1.807) is 5.38 Å². The smallest absolute Gasteiger partial charge is 0.340 e. The van der Waals surface area contributed by atoms with Crippen molar-refractivity contribution in [1.29, 1.82) is 0 Å². The molecule has 5 heteroatoms. The van der Waals surface area contributed by atoms with Crippen LogP contribution in [0.25, 0.3) is 5.57 Å². The van der Waals surface area contributed by atoms with Crippen LogP contribution in [0.1, 0.15) is 39.3 Å². The highest BCUT2D eigenvalue weighted by Crippen LogP contribution is 2.22. The van der Waals surface area contributed by atoms with Gasteiger partial charge in [0, 0.05) is 5.38 Å². The summed E-state index contributed by atoms with van der Waals surface area (Å²) in [5, 5.41) is 2.24. The summed E-state index contributed by atoms with van der Waals surface area (Å²) in [6.07, 6.45) is 3.74. The minimum atomic E-state index is -0.317. The maximum atomic E-state index is 12.0. The Morgan fingerprint density at radius 1 is 1.61 bits per heavy atom. The molecule has 1 aromatic heterocycles. The molecule has 0 aliphatic heterocycles. The zero-order valence-electron chi connectivity index (χ0n) is 11.1. The second kappa shape index (κ2) is 7.16. The molecule has 0 fully saturated rings. The van der Waals surface area contributed by atoms with Crippen LogP contribution in [-0.2, 0) is 9.53 Å². The minimum Gasteiger partial charge on any atom is -0.462 e. The van der Waals surface area contributed by atoms with Gasteiger partial charge in [-0.05, 0) is 12.3 Å². The van der Waals surface area contributed by atoms with Crippen LogP contribution >= 0.6 is 11.3 Å². The Balaban J connectivity index is 2.83. The van der Waals surface area contributed by atoms with E-state index >= 15 is 0 Å². The Morgan fingerprint density at radius 2 is 2.33 bits per heavy atom. The number of nitrogens with two attached hydrogens (primary N) is 1. The lowest BCUT2D eigenvalue weighted by atomic mass is 10.1. The van der Waals surface area contributed by atoms with Gasteiger partial charge in [-0.2, -0.15) is 0 Å². The zero-order chi connectivity index (χ0) is 13.5. The van der Waals surface area contributed by atoms with Crippen molar-refractivity contribution in [3.8, 4) is 0 Å². The predicted molar refractivity (Wildman–Crippen MR) is 75.2 cm³/mol. The number of hydrogen-bond donors (Lipinski definition) is 1. The summed E-state index contributed by atoms with van der Waals surface area (Å²) in [4.78, 5) is 16.1. The van der Waals surface area contributed by atoms with Gasteiger partial charge < -0.3 is 10.5 Å². The molecule has 0 unspecified atom stereocenters. The summed E-state index contributed by atoms with van der Waals surface area (Å²) < 4.78 is 5.23. The zero-order valence-corrected chi connectivity index (χ0v) is 11.9. The summed E-state index contributed by atoms with van der Waals surface area (Å²) in [5.41, 5.74) is 6.71. The van der Waals surface area contributed by atoms with E-state index in [1.807, 2.05) is 19.9 Å². The van der Waals surface area contributed by atoms with Gasteiger partial charge in [-0.15, -0.1) is 11.3 Å². The molecule has 4 nitrogen and oxygen atoms in total. The van der Waals surface area contributed by atoms with Crippen LogP contribution in [-0.4, -0.2) is 17.6 Å². The van der Waals surface area contributed by atoms with Crippen molar-refractivity contribution >= 4 is 28.0 Å². The van der Waals surface area contributed by atoms with Gasteiger partial charge in [0.2, 0.25) is 0 Å². The van der Waals surface area contributed by atoms with Gasteiger partial charge in [-0.3, -0.25) is 0 Å². The van der Waals surface area contributed by atoms with Crippen LogP contribution in [0.5, 0.6) is 0 Å². The van der Waals surface area contributed by atoms with Gasteiger partial charge in [0.05, 0.1) is 17.9 Å². The third-order valence-corrected chi connectivity index (χ3v) is 2.92. The van der Waals surface area contributed by atoms with E-state index < -0.39 is 0 Å². The fourth-order valence-electron chi connectivity index (χ4n) is 1.39. The van der Waals surface area contributed by atoms with E-state index in [2.05, 4.69) is 11.9 Å². The number of anilines is 1. The average Bonchev–Trinajstić information content (AvgIpc) is 2.72. The average molecular weight is 268 g/mol. The molecule has 0 saturated carbocycles. The standard InChI is InChI=1S/C13H20N2O2S/c1-4-5-6-17-12(16)10(7-9(2)3)11-8-18-13(14)15-11/h7-9H,4-6H2,1-3H3,(H2,14,15)/b10-7-. The van der Waals surface area contributed by atoms with Crippen LogP contribution in [0.15, 0.2) is 11.5 Å². The van der Waals surface area contributed by atoms with Gasteiger partial charge in [0.25, 0.3) is 0 Å². The number of nitrogens with zero attached hydrogens (tertiary/aromatic N) is 1. The number of rotatable bonds is 6. The molecule has 0 bridgehead atoms. The molecule has 0 amide bonds. The number of carbonyl (C=O) groups excluding carboxylic acids is 1. The first kappa shape index (κ1) is 14.7. The van der Waals surface area contributed by atoms with E-state index in [0.29, 0.717) is 23.0 Å². The first-order valence-electron chi connectivity index (χ1n) is 6.15. The lowest BCUT2D eigenvalue weighted by molar-refractivity contribution is -0.136. The molecular weight excluding hydrogens is 248 g/mol. The summed E-state index contributed by atoms with van der Waals surface area (Å²) in [7, 11) is 0. The van der Waals surface area contributed by atoms with Crippen molar-refractivity contribution in [1.82, 2.24) is 4.98 Å². The topological polar surface area (TPSA) is 65.2 Å². The number of nitrogen functional groups attached to an aromatic ring is 1. The minimum absolute atomic E-state index is 0.252. The van der Waals surface area contributed by atoms with Crippen molar-refractivity contribution in [3.05, 3.63) is 17.2 Å². The SMILES string of the molecule is CCCCOC(=O)/C(=C\C(C)C)c1csc(N)n1. The molecule has 1 aromatic rings. The second-order valence-corrected chi connectivity index (χ2v) is 5.27. The molecule has 18 heavy (non-hydrogen) atoms. The van der Waals surface area contributed by atoms with Crippen molar-refractivity contribution in [2.45, 2.75) is 33.6 Å². The summed E-state index contributed by atoms with van der Waals surface area (Å²) in [6.45, 7) is 6.52. The molecule has 1 heterocycles. The highest BCUT2D eigenvalue weighted by Gasteiger charge is 2.16. The first-order valence-corrected chi connectivity index (χ1v) is 7.02. The maximum Gasteiger partial charge on any atom is 0.340 e. The van der Waals surface area contributed by atoms with Crippen LogP contribution in [0, 0.1) is 5.92 Å². The van der Waals surface area contributed by atoms with E-state index in [9.17, 15) is 4.79 Å². The Kier molecular flexibility index (Phi) is 5.85. The van der Waals surface area contributed by atoms with E-state index in [4.69, 9.17) is 10.5 Å². The predicted octanol–water partition coefficient (Wildman–Crippen LogP) is 3.11. The lowest BCUT2D eigenvalue weighted by Crippen LogP contribution is -2.09. The van der Waals surface area contributed by atoms with Gasteiger partial charge in [0.15, 0.2) is 5.13 Å². The molecule has 0 radical (unpaired) electrons. The van der Waals surface area contributed by atoms with Gasteiger partial charge >= 0.3 is 5.97 Å². The fourth-order valence-corrected chi connectivity index (χ4v) is 1.95. The van der Waals surface area contributed by atoms with Crippen LogP contribution in [0.2, 0.25) is 0 Å². The Labute approximate surface area is 112 Å². The lowest BCUT2D eigenvalue weighted by Gasteiger charge is -2.07. The number of aromatic nitrogens is 1. The summed E-state index contributed by atoms with van der Waals surface area (Å²) in [5.74, 6) is -0.0656. The molecular formula is C13H20N2O2S. The number of unbranched alkanes of at least 4 members (excludes halogenated alkanes) is 1. The number of ether oxygens (including phenoxy) is 1. The maximum absolute atomic E-state index is 12.0. The number of allylic oxidation sites excluding steroid dienone is 1.